The number of anilines is 1. The molecule has 1 amide bonds. The Balaban J connectivity index is 1.64. The third-order valence-electron chi connectivity index (χ3n) is 5.55. The number of rotatable bonds is 5. The van der Waals surface area contributed by atoms with Crippen molar-refractivity contribution in [2.75, 3.05) is 31.2 Å². The number of nitriles is 1. The molecular weight excluding hydrogens is 396 g/mol. The first-order valence-electron chi connectivity index (χ1n) is 10.6. The quantitative estimate of drug-likeness (QED) is 0.582. The summed E-state index contributed by atoms with van der Waals surface area (Å²) >= 11 is 1.52. The van der Waals surface area contributed by atoms with Crippen LogP contribution in [0, 0.1) is 11.3 Å². The SMILES string of the molecule is N#C/C(=C/c1sc(N2CCOCC2)nc1-c1ccccc1)C(=O)NC1CCCCC1. The molecule has 7 heteroatoms. The van der Waals surface area contributed by atoms with Crippen LogP contribution in [0.25, 0.3) is 17.3 Å². The van der Waals surface area contributed by atoms with Gasteiger partial charge in [-0.25, -0.2) is 4.98 Å². The predicted molar refractivity (Wildman–Crippen MR) is 119 cm³/mol. The molecule has 1 aromatic heterocycles. The first-order chi connectivity index (χ1) is 14.7. The topological polar surface area (TPSA) is 78.2 Å². The second kappa shape index (κ2) is 9.88. The Bertz CT molecular complexity index is 936. The Hall–Kier alpha value is -2.69. The average molecular weight is 423 g/mol. The predicted octanol–water partition coefficient (Wildman–Crippen LogP) is 4.00. The van der Waals surface area contributed by atoms with E-state index in [9.17, 15) is 10.1 Å². The maximum Gasteiger partial charge on any atom is 0.262 e. The van der Waals surface area contributed by atoms with Gasteiger partial charge in [-0.15, -0.1) is 0 Å². The third kappa shape index (κ3) is 4.89. The third-order valence-corrected chi connectivity index (χ3v) is 6.61. The minimum absolute atomic E-state index is 0.134. The molecule has 6 nitrogen and oxygen atoms in total. The highest BCUT2D eigenvalue weighted by atomic mass is 32.1. The number of nitrogens with zero attached hydrogens (tertiary/aromatic N) is 3. The van der Waals surface area contributed by atoms with Gasteiger partial charge in [-0.1, -0.05) is 60.9 Å². The second-order valence-electron chi connectivity index (χ2n) is 7.65. The number of nitrogens with one attached hydrogen (secondary N) is 1. The highest BCUT2D eigenvalue weighted by Gasteiger charge is 2.22. The van der Waals surface area contributed by atoms with Crippen LogP contribution in [-0.4, -0.2) is 43.2 Å². The largest absolute Gasteiger partial charge is 0.378 e. The monoisotopic (exact) mass is 422 g/mol. The molecule has 2 aliphatic rings. The standard InChI is InChI=1S/C23H26N4O2S/c24-16-18(22(28)25-19-9-5-2-6-10-19)15-20-21(17-7-3-1-4-8-17)26-23(30-20)27-11-13-29-14-12-27/h1,3-4,7-8,15,19H,2,5-6,9-14H2,(H,25,28)/b18-15-. The van der Waals surface area contributed by atoms with E-state index < -0.39 is 0 Å². The van der Waals surface area contributed by atoms with Crippen molar-refractivity contribution in [1.29, 1.82) is 5.26 Å². The zero-order valence-corrected chi connectivity index (χ0v) is 17.8. The molecule has 0 atom stereocenters. The van der Waals surface area contributed by atoms with E-state index in [0.717, 1.165) is 60.0 Å². The van der Waals surface area contributed by atoms with Gasteiger partial charge in [0.15, 0.2) is 5.13 Å². The Kier molecular flexibility index (Phi) is 6.77. The van der Waals surface area contributed by atoms with E-state index in [1.807, 2.05) is 30.3 Å². The lowest BCUT2D eigenvalue weighted by Gasteiger charge is -2.26. The number of amides is 1. The van der Waals surface area contributed by atoms with Crippen molar-refractivity contribution in [3.8, 4) is 17.3 Å². The van der Waals surface area contributed by atoms with Crippen molar-refractivity contribution < 1.29 is 9.53 Å². The molecule has 156 valence electrons. The minimum Gasteiger partial charge on any atom is -0.378 e. The second-order valence-corrected chi connectivity index (χ2v) is 8.66. The van der Waals surface area contributed by atoms with E-state index in [1.165, 1.54) is 17.8 Å². The zero-order valence-electron chi connectivity index (χ0n) is 17.0. The number of hydrogen-bond donors (Lipinski definition) is 1. The first kappa shape index (κ1) is 20.6. The molecule has 1 saturated carbocycles. The van der Waals surface area contributed by atoms with Crippen molar-refractivity contribution in [1.82, 2.24) is 10.3 Å². The minimum atomic E-state index is -0.287. The van der Waals surface area contributed by atoms with Crippen molar-refractivity contribution in [3.05, 3.63) is 40.8 Å². The molecule has 30 heavy (non-hydrogen) atoms. The van der Waals surface area contributed by atoms with Crippen LogP contribution >= 0.6 is 11.3 Å². The fraction of sp³-hybridized carbons (Fsp3) is 0.435. The van der Waals surface area contributed by atoms with Crippen LogP contribution in [0.1, 0.15) is 37.0 Å². The Morgan fingerprint density at radius 2 is 1.93 bits per heavy atom. The lowest BCUT2D eigenvalue weighted by Crippen LogP contribution is -2.36. The highest BCUT2D eigenvalue weighted by molar-refractivity contribution is 7.17. The number of aromatic nitrogens is 1. The van der Waals surface area contributed by atoms with Crippen LogP contribution in [0.4, 0.5) is 5.13 Å². The molecule has 1 aromatic carbocycles. The van der Waals surface area contributed by atoms with Crippen LogP contribution in [-0.2, 0) is 9.53 Å². The van der Waals surface area contributed by atoms with Gasteiger partial charge in [0.1, 0.15) is 11.6 Å². The van der Waals surface area contributed by atoms with Gasteiger partial charge in [0.25, 0.3) is 5.91 Å². The van der Waals surface area contributed by atoms with Gasteiger partial charge in [0, 0.05) is 24.7 Å². The summed E-state index contributed by atoms with van der Waals surface area (Å²) in [5.41, 5.74) is 1.92. The molecule has 0 spiro atoms. The van der Waals surface area contributed by atoms with Crippen molar-refractivity contribution in [2.45, 2.75) is 38.1 Å². The number of benzene rings is 1. The maximum atomic E-state index is 12.8. The summed E-state index contributed by atoms with van der Waals surface area (Å²) in [6.07, 6.45) is 7.16. The number of carbonyl (C=O) groups excluding carboxylic acids is 1. The molecule has 0 bridgehead atoms. The number of hydrogen-bond acceptors (Lipinski definition) is 6. The van der Waals surface area contributed by atoms with Crippen molar-refractivity contribution >= 4 is 28.5 Å². The van der Waals surface area contributed by atoms with Gasteiger partial charge < -0.3 is 15.0 Å². The molecule has 2 aromatic rings. The Labute approximate surface area is 181 Å². The average Bonchev–Trinajstić information content (AvgIpc) is 3.23. The van der Waals surface area contributed by atoms with E-state index >= 15 is 0 Å². The van der Waals surface area contributed by atoms with Gasteiger partial charge in [0.05, 0.1) is 23.8 Å². The molecule has 2 heterocycles. The van der Waals surface area contributed by atoms with E-state index in [4.69, 9.17) is 9.72 Å². The highest BCUT2D eigenvalue weighted by Crippen LogP contribution is 2.35. The van der Waals surface area contributed by atoms with Gasteiger partial charge in [-0.05, 0) is 18.9 Å². The summed E-state index contributed by atoms with van der Waals surface area (Å²) in [6, 6.07) is 12.2. The number of thiazole rings is 1. The van der Waals surface area contributed by atoms with Gasteiger partial charge >= 0.3 is 0 Å². The van der Waals surface area contributed by atoms with Crippen molar-refractivity contribution in [3.63, 3.8) is 0 Å². The number of carbonyl (C=O) groups is 1. The Morgan fingerprint density at radius 1 is 1.20 bits per heavy atom. The van der Waals surface area contributed by atoms with Crippen LogP contribution < -0.4 is 10.2 Å². The van der Waals surface area contributed by atoms with E-state index in [0.29, 0.717) is 13.2 Å². The molecule has 1 saturated heterocycles. The number of morpholine rings is 1. The molecule has 2 fully saturated rings. The smallest absolute Gasteiger partial charge is 0.262 e. The lowest BCUT2D eigenvalue weighted by molar-refractivity contribution is -0.117. The summed E-state index contributed by atoms with van der Waals surface area (Å²) in [4.78, 5) is 20.7. The normalized spacial score (nSPS) is 18.1. The fourth-order valence-corrected chi connectivity index (χ4v) is 4.98. The fourth-order valence-electron chi connectivity index (χ4n) is 3.90. The van der Waals surface area contributed by atoms with Gasteiger partial charge in [-0.3, -0.25) is 4.79 Å². The lowest BCUT2D eigenvalue weighted by atomic mass is 9.95. The van der Waals surface area contributed by atoms with E-state index in [1.54, 1.807) is 6.08 Å². The summed E-state index contributed by atoms with van der Waals surface area (Å²) < 4.78 is 5.46. The van der Waals surface area contributed by atoms with Crippen molar-refractivity contribution in [2.24, 2.45) is 0 Å². The van der Waals surface area contributed by atoms with Crippen LogP contribution in [0.5, 0.6) is 0 Å². The summed E-state index contributed by atoms with van der Waals surface area (Å²) in [5, 5.41) is 13.6. The summed E-state index contributed by atoms with van der Waals surface area (Å²) in [6.45, 7) is 2.94. The molecular formula is C23H26N4O2S. The zero-order chi connectivity index (χ0) is 20.8. The van der Waals surface area contributed by atoms with Crippen LogP contribution in [0.3, 0.4) is 0 Å². The maximum absolute atomic E-state index is 12.8. The van der Waals surface area contributed by atoms with Gasteiger partial charge in [0.2, 0.25) is 0 Å². The molecule has 0 unspecified atom stereocenters. The first-order valence-corrected chi connectivity index (χ1v) is 11.4. The molecule has 1 aliphatic carbocycles. The van der Waals surface area contributed by atoms with Crippen LogP contribution in [0.2, 0.25) is 0 Å². The molecule has 4 rings (SSSR count). The molecule has 1 aliphatic heterocycles. The van der Waals surface area contributed by atoms with Crippen LogP contribution in [0.15, 0.2) is 35.9 Å². The summed E-state index contributed by atoms with van der Waals surface area (Å²) in [5.74, 6) is -0.287. The van der Waals surface area contributed by atoms with E-state index in [2.05, 4.69) is 16.3 Å². The van der Waals surface area contributed by atoms with E-state index in [-0.39, 0.29) is 17.5 Å². The summed E-state index contributed by atoms with van der Waals surface area (Å²) in [7, 11) is 0. The molecule has 1 N–H and O–H groups in total. The number of ether oxygens (including phenoxy) is 1. The van der Waals surface area contributed by atoms with Gasteiger partial charge in [-0.2, -0.15) is 5.26 Å². The molecule has 0 radical (unpaired) electrons. The Morgan fingerprint density at radius 3 is 2.63 bits per heavy atom.